The predicted octanol–water partition coefficient (Wildman–Crippen LogP) is 2.19. The third-order valence-electron chi connectivity index (χ3n) is 3.55. The molecule has 0 aliphatic carbocycles. The monoisotopic (exact) mass is 300 g/mol. The number of aliphatic hydroxyl groups is 1. The molecular formula is C17H24N4O. The van der Waals surface area contributed by atoms with Crippen LogP contribution in [-0.4, -0.2) is 44.4 Å². The molecule has 0 fully saturated rings. The molecule has 118 valence electrons. The second kappa shape index (κ2) is 7.66. The van der Waals surface area contributed by atoms with Gasteiger partial charge in [0.15, 0.2) is 0 Å². The van der Waals surface area contributed by atoms with Crippen molar-refractivity contribution in [3.05, 3.63) is 48.2 Å². The first kappa shape index (κ1) is 16.1. The normalized spacial score (nSPS) is 10.4. The van der Waals surface area contributed by atoms with E-state index in [1.165, 1.54) is 11.3 Å². The van der Waals surface area contributed by atoms with Crippen LogP contribution in [0.2, 0.25) is 0 Å². The van der Waals surface area contributed by atoms with Crippen LogP contribution < -0.4 is 15.1 Å². The van der Waals surface area contributed by atoms with Crippen molar-refractivity contribution >= 4 is 17.2 Å². The SMILES string of the molecule is CN(C)c1ccc(CNc2ccc(N(C)CCO)cn2)cc1. The van der Waals surface area contributed by atoms with Crippen LogP contribution in [0.5, 0.6) is 0 Å². The Balaban J connectivity index is 1.91. The van der Waals surface area contributed by atoms with Gasteiger partial charge in [-0.2, -0.15) is 0 Å². The maximum absolute atomic E-state index is 8.94. The molecule has 0 spiro atoms. The summed E-state index contributed by atoms with van der Waals surface area (Å²) in [6.07, 6.45) is 1.81. The number of aliphatic hydroxyl groups excluding tert-OH is 1. The number of nitrogens with zero attached hydrogens (tertiary/aromatic N) is 3. The van der Waals surface area contributed by atoms with Gasteiger partial charge in [-0.25, -0.2) is 4.98 Å². The van der Waals surface area contributed by atoms with Crippen molar-refractivity contribution in [2.75, 3.05) is 49.4 Å². The van der Waals surface area contributed by atoms with Gasteiger partial charge in [0.05, 0.1) is 18.5 Å². The van der Waals surface area contributed by atoms with Crippen LogP contribution >= 0.6 is 0 Å². The molecule has 0 unspecified atom stereocenters. The number of pyridine rings is 1. The van der Waals surface area contributed by atoms with E-state index in [-0.39, 0.29) is 6.61 Å². The zero-order valence-electron chi connectivity index (χ0n) is 13.5. The molecule has 1 heterocycles. The highest BCUT2D eigenvalue weighted by molar-refractivity contribution is 5.50. The third-order valence-corrected chi connectivity index (χ3v) is 3.55. The van der Waals surface area contributed by atoms with E-state index in [0.29, 0.717) is 6.54 Å². The van der Waals surface area contributed by atoms with Gasteiger partial charge in [-0.05, 0) is 29.8 Å². The molecule has 0 radical (unpaired) electrons. The molecule has 0 bridgehead atoms. The number of hydrogen-bond acceptors (Lipinski definition) is 5. The second-order valence-electron chi connectivity index (χ2n) is 5.46. The highest BCUT2D eigenvalue weighted by Crippen LogP contribution is 2.15. The summed E-state index contributed by atoms with van der Waals surface area (Å²) < 4.78 is 0. The molecule has 5 heteroatoms. The fourth-order valence-electron chi connectivity index (χ4n) is 2.10. The van der Waals surface area contributed by atoms with Gasteiger partial charge in [-0.1, -0.05) is 12.1 Å². The zero-order chi connectivity index (χ0) is 15.9. The van der Waals surface area contributed by atoms with Gasteiger partial charge in [-0.15, -0.1) is 0 Å². The molecule has 0 aliphatic heterocycles. The molecular weight excluding hydrogens is 276 g/mol. The summed E-state index contributed by atoms with van der Waals surface area (Å²) in [5, 5.41) is 12.3. The Morgan fingerprint density at radius 3 is 2.23 bits per heavy atom. The number of likely N-dealkylation sites (N-methyl/N-ethyl adjacent to an activating group) is 1. The van der Waals surface area contributed by atoms with Crippen LogP contribution in [0.15, 0.2) is 42.6 Å². The Kier molecular flexibility index (Phi) is 5.61. The van der Waals surface area contributed by atoms with Gasteiger partial charge in [0.2, 0.25) is 0 Å². The lowest BCUT2D eigenvalue weighted by Gasteiger charge is -2.17. The van der Waals surface area contributed by atoms with Crippen molar-refractivity contribution in [2.45, 2.75) is 6.54 Å². The molecule has 1 aromatic carbocycles. The van der Waals surface area contributed by atoms with Gasteiger partial charge in [0, 0.05) is 39.9 Å². The Hall–Kier alpha value is -2.27. The van der Waals surface area contributed by atoms with Crippen molar-refractivity contribution in [2.24, 2.45) is 0 Å². The topological polar surface area (TPSA) is 51.6 Å². The molecule has 2 rings (SSSR count). The van der Waals surface area contributed by atoms with E-state index in [2.05, 4.69) is 39.5 Å². The van der Waals surface area contributed by atoms with Crippen LogP contribution in [0.1, 0.15) is 5.56 Å². The Labute approximate surface area is 132 Å². The van der Waals surface area contributed by atoms with Crippen molar-refractivity contribution in [1.82, 2.24) is 4.98 Å². The molecule has 1 aromatic heterocycles. The highest BCUT2D eigenvalue weighted by atomic mass is 16.3. The zero-order valence-corrected chi connectivity index (χ0v) is 13.5. The van der Waals surface area contributed by atoms with Crippen LogP contribution in [0.4, 0.5) is 17.2 Å². The summed E-state index contributed by atoms with van der Waals surface area (Å²) in [4.78, 5) is 8.45. The van der Waals surface area contributed by atoms with Crippen molar-refractivity contribution < 1.29 is 5.11 Å². The van der Waals surface area contributed by atoms with E-state index in [9.17, 15) is 0 Å². The van der Waals surface area contributed by atoms with E-state index < -0.39 is 0 Å². The number of hydrogen-bond donors (Lipinski definition) is 2. The molecule has 0 atom stereocenters. The first-order valence-corrected chi connectivity index (χ1v) is 7.38. The highest BCUT2D eigenvalue weighted by Gasteiger charge is 2.01. The third kappa shape index (κ3) is 4.36. The van der Waals surface area contributed by atoms with Crippen LogP contribution in [0.25, 0.3) is 0 Å². The Morgan fingerprint density at radius 2 is 1.68 bits per heavy atom. The minimum Gasteiger partial charge on any atom is -0.395 e. The van der Waals surface area contributed by atoms with Gasteiger partial charge in [0.25, 0.3) is 0 Å². The minimum atomic E-state index is 0.138. The van der Waals surface area contributed by atoms with Gasteiger partial charge in [-0.3, -0.25) is 0 Å². The number of benzene rings is 1. The smallest absolute Gasteiger partial charge is 0.126 e. The summed E-state index contributed by atoms with van der Waals surface area (Å²) in [7, 11) is 6.01. The fraction of sp³-hybridized carbons (Fsp3) is 0.353. The Morgan fingerprint density at radius 1 is 1.00 bits per heavy atom. The maximum Gasteiger partial charge on any atom is 0.126 e. The summed E-state index contributed by atoms with van der Waals surface area (Å²) in [6, 6.07) is 12.4. The molecule has 0 aliphatic rings. The largest absolute Gasteiger partial charge is 0.395 e. The molecule has 2 aromatic rings. The molecule has 0 saturated heterocycles. The van der Waals surface area contributed by atoms with E-state index in [1.54, 1.807) is 0 Å². The van der Waals surface area contributed by atoms with E-state index in [1.807, 2.05) is 44.4 Å². The first-order chi connectivity index (χ1) is 10.6. The van der Waals surface area contributed by atoms with E-state index >= 15 is 0 Å². The average molecular weight is 300 g/mol. The summed E-state index contributed by atoms with van der Waals surface area (Å²) >= 11 is 0. The fourth-order valence-corrected chi connectivity index (χ4v) is 2.10. The number of rotatable bonds is 7. The van der Waals surface area contributed by atoms with E-state index in [0.717, 1.165) is 18.1 Å². The quantitative estimate of drug-likeness (QED) is 0.821. The van der Waals surface area contributed by atoms with Crippen LogP contribution in [-0.2, 0) is 6.54 Å². The number of aromatic nitrogens is 1. The molecule has 0 amide bonds. The summed E-state index contributed by atoms with van der Waals surface area (Å²) in [5.41, 5.74) is 3.40. The lowest BCUT2D eigenvalue weighted by molar-refractivity contribution is 0.304. The molecule has 0 saturated carbocycles. The van der Waals surface area contributed by atoms with Crippen molar-refractivity contribution in [1.29, 1.82) is 0 Å². The second-order valence-corrected chi connectivity index (χ2v) is 5.46. The standard InChI is InChI=1S/C17H24N4O/c1-20(2)15-6-4-14(5-7-15)12-18-17-9-8-16(13-19-17)21(3)10-11-22/h4-9,13,22H,10-12H2,1-3H3,(H,18,19). The molecule has 2 N–H and O–H groups in total. The summed E-state index contributed by atoms with van der Waals surface area (Å²) in [5.74, 6) is 0.845. The lowest BCUT2D eigenvalue weighted by Crippen LogP contribution is -2.21. The van der Waals surface area contributed by atoms with Gasteiger partial charge >= 0.3 is 0 Å². The summed E-state index contributed by atoms with van der Waals surface area (Å²) in [6.45, 7) is 1.48. The Bertz CT molecular complexity index is 566. The van der Waals surface area contributed by atoms with Crippen LogP contribution in [0.3, 0.4) is 0 Å². The average Bonchev–Trinajstić information content (AvgIpc) is 2.54. The van der Waals surface area contributed by atoms with Gasteiger partial charge in [0.1, 0.15) is 5.82 Å². The minimum absolute atomic E-state index is 0.138. The van der Waals surface area contributed by atoms with Crippen molar-refractivity contribution in [3.8, 4) is 0 Å². The number of anilines is 3. The first-order valence-electron chi connectivity index (χ1n) is 7.38. The number of nitrogens with one attached hydrogen (secondary N) is 1. The molecule has 5 nitrogen and oxygen atoms in total. The van der Waals surface area contributed by atoms with Crippen molar-refractivity contribution in [3.63, 3.8) is 0 Å². The van der Waals surface area contributed by atoms with Gasteiger partial charge < -0.3 is 20.2 Å². The lowest BCUT2D eigenvalue weighted by atomic mass is 10.2. The van der Waals surface area contributed by atoms with Crippen LogP contribution in [0, 0.1) is 0 Å². The maximum atomic E-state index is 8.94. The molecule has 22 heavy (non-hydrogen) atoms. The van der Waals surface area contributed by atoms with E-state index in [4.69, 9.17) is 5.11 Å². The predicted molar refractivity (Wildman–Crippen MR) is 92.7 cm³/mol.